The van der Waals surface area contributed by atoms with E-state index in [0.29, 0.717) is 0 Å². The summed E-state index contributed by atoms with van der Waals surface area (Å²) < 4.78 is 5.24. The van der Waals surface area contributed by atoms with Crippen LogP contribution in [0.4, 0.5) is 0 Å². The maximum absolute atomic E-state index is 5.24. The zero-order chi connectivity index (χ0) is 6.81. The Hall–Kier alpha value is -0.500. The fourth-order valence-corrected chi connectivity index (χ4v) is 1.08. The summed E-state index contributed by atoms with van der Waals surface area (Å²) in [5.74, 6) is 0.991. The van der Waals surface area contributed by atoms with Gasteiger partial charge in [-0.2, -0.15) is 0 Å². The summed E-state index contributed by atoms with van der Waals surface area (Å²) in [5, 5.41) is 0. The van der Waals surface area contributed by atoms with Crippen molar-refractivity contribution in [2.24, 2.45) is 0 Å². The predicted octanol–water partition coefficient (Wildman–Crippen LogP) is 2.13. The number of rotatable bonds is 0. The molecule has 2 rings (SSSR count). The second-order valence-corrected chi connectivity index (χ2v) is 2.30. The summed E-state index contributed by atoms with van der Waals surface area (Å²) in [4.78, 5) is 0. The Labute approximate surface area is 81.6 Å². The van der Waals surface area contributed by atoms with E-state index in [1.165, 1.54) is 5.56 Å². The monoisotopic (exact) mass is 313 g/mol. The molecule has 1 aliphatic heterocycles. The number of allylic oxidation sites excluding steroid dienone is 1. The summed E-state index contributed by atoms with van der Waals surface area (Å²) >= 11 is 0. The first-order valence-corrected chi connectivity index (χ1v) is 3.36. The molecular formula is C9H8OTa. The SMILES string of the molecule is C1=COc2ccccc2C1.[Ta]. The topological polar surface area (TPSA) is 9.23 Å². The number of hydrogen-bond donors (Lipinski definition) is 0. The van der Waals surface area contributed by atoms with Crippen molar-refractivity contribution in [1.82, 2.24) is 0 Å². The quantitative estimate of drug-likeness (QED) is 0.713. The van der Waals surface area contributed by atoms with Gasteiger partial charge in [-0.1, -0.05) is 18.2 Å². The average molecular weight is 313 g/mol. The van der Waals surface area contributed by atoms with Crippen LogP contribution in [0.3, 0.4) is 0 Å². The number of para-hydroxylation sites is 1. The molecule has 11 heavy (non-hydrogen) atoms. The van der Waals surface area contributed by atoms with Crippen LogP contribution in [0, 0.1) is 0 Å². The third-order valence-electron chi connectivity index (χ3n) is 1.60. The predicted molar refractivity (Wildman–Crippen MR) is 39.9 cm³/mol. The molecule has 0 fully saturated rings. The molecular weight excluding hydrogens is 305 g/mol. The zero-order valence-electron chi connectivity index (χ0n) is 6.03. The molecule has 1 aliphatic rings. The molecule has 0 bridgehead atoms. The molecule has 2 heteroatoms. The number of ether oxygens (including phenoxy) is 1. The maximum Gasteiger partial charge on any atom is 0.130 e. The molecule has 1 heterocycles. The van der Waals surface area contributed by atoms with Crippen LogP contribution < -0.4 is 4.74 Å². The van der Waals surface area contributed by atoms with Crippen molar-refractivity contribution in [2.45, 2.75) is 6.42 Å². The molecule has 0 unspecified atom stereocenters. The minimum absolute atomic E-state index is 0. The molecule has 1 nitrogen and oxygen atoms in total. The fourth-order valence-electron chi connectivity index (χ4n) is 1.08. The van der Waals surface area contributed by atoms with Gasteiger partial charge in [0.1, 0.15) is 5.75 Å². The molecule has 0 N–H and O–H groups in total. The Morgan fingerprint density at radius 3 is 2.82 bits per heavy atom. The summed E-state index contributed by atoms with van der Waals surface area (Å²) in [5.41, 5.74) is 1.27. The van der Waals surface area contributed by atoms with Gasteiger partial charge in [-0.25, -0.2) is 0 Å². The van der Waals surface area contributed by atoms with Crippen LogP contribution in [0.5, 0.6) is 5.75 Å². The molecule has 0 saturated carbocycles. The van der Waals surface area contributed by atoms with Crippen LogP contribution in [-0.4, -0.2) is 0 Å². The van der Waals surface area contributed by atoms with E-state index < -0.39 is 0 Å². The van der Waals surface area contributed by atoms with Crippen LogP contribution >= 0.6 is 0 Å². The van der Waals surface area contributed by atoms with Gasteiger partial charge in [0, 0.05) is 22.4 Å². The Morgan fingerprint density at radius 1 is 1.18 bits per heavy atom. The first kappa shape index (κ1) is 8.60. The van der Waals surface area contributed by atoms with Gasteiger partial charge < -0.3 is 4.74 Å². The van der Waals surface area contributed by atoms with Gasteiger partial charge in [0.25, 0.3) is 0 Å². The third-order valence-corrected chi connectivity index (χ3v) is 1.60. The van der Waals surface area contributed by atoms with E-state index in [1.807, 2.05) is 24.3 Å². The number of benzene rings is 1. The summed E-state index contributed by atoms with van der Waals surface area (Å²) in [6.07, 6.45) is 4.75. The van der Waals surface area contributed by atoms with Crippen molar-refractivity contribution in [2.75, 3.05) is 0 Å². The van der Waals surface area contributed by atoms with Crippen LogP contribution in [0.25, 0.3) is 0 Å². The number of fused-ring (bicyclic) bond motifs is 1. The molecule has 0 amide bonds. The van der Waals surface area contributed by atoms with Crippen molar-refractivity contribution in [3.8, 4) is 5.75 Å². The molecule has 0 atom stereocenters. The van der Waals surface area contributed by atoms with Gasteiger partial charge in [-0.05, 0) is 24.1 Å². The second kappa shape index (κ2) is 3.77. The van der Waals surface area contributed by atoms with E-state index in [2.05, 4.69) is 6.07 Å². The van der Waals surface area contributed by atoms with Crippen molar-refractivity contribution < 1.29 is 27.1 Å². The van der Waals surface area contributed by atoms with Gasteiger partial charge in [-0.3, -0.25) is 0 Å². The third kappa shape index (κ3) is 1.75. The van der Waals surface area contributed by atoms with Gasteiger partial charge >= 0.3 is 0 Å². The maximum atomic E-state index is 5.24. The van der Waals surface area contributed by atoms with Crippen LogP contribution in [0.15, 0.2) is 36.6 Å². The van der Waals surface area contributed by atoms with Gasteiger partial charge in [0.2, 0.25) is 0 Å². The molecule has 1 aromatic carbocycles. The molecule has 1 aromatic rings. The first-order chi connectivity index (χ1) is 4.97. The van der Waals surface area contributed by atoms with Gasteiger partial charge in [-0.15, -0.1) is 0 Å². The average Bonchev–Trinajstić information content (AvgIpc) is 2.05. The molecule has 0 spiro atoms. The summed E-state index contributed by atoms with van der Waals surface area (Å²) in [7, 11) is 0. The fraction of sp³-hybridized carbons (Fsp3) is 0.111. The van der Waals surface area contributed by atoms with E-state index in [-0.39, 0.29) is 22.4 Å². The minimum atomic E-state index is 0. The molecule has 55 valence electrons. The van der Waals surface area contributed by atoms with Gasteiger partial charge in [0.15, 0.2) is 0 Å². The smallest absolute Gasteiger partial charge is 0.130 e. The molecule has 0 saturated heterocycles. The molecule has 0 aliphatic carbocycles. The van der Waals surface area contributed by atoms with Gasteiger partial charge in [0.05, 0.1) is 6.26 Å². The van der Waals surface area contributed by atoms with E-state index >= 15 is 0 Å². The van der Waals surface area contributed by atoms with Crippen molar-refractivity contribution in [3.05, 3.63) is 42.2 Å². The Balaban J connectivity index is 0.000000605. The number of hydrogen-bond acceptors (Lipinski definition) is 1. The summed E-state index contributed by atoms with van der Waals surface area (Å²) in [6, 6.07) is 8.08. The Bertz CT molecular complexity index is 241. The normalized spacial score (nSPS) is 12.7. The van der Waals surface area contributed by atoms with Crippen LogP contribution in [0.1, 0.15) is 5.56 Å². The largest absolute Gasteiger partial charge is 0.465 e. The van der Waals surface area contributed by atoms with Crippen molar-refractivity contribution in [1.29, 1.82) is 0 Å². The zero-order valence-corrected chi connectivity index (χ0v) is 9.24. The Morgan fingerprint density at radius 2 is 2.00 bits per heavy atom. The van der Waals surface area contributed by atoms with Crippen LogP contribution in [-0.2, 0) is 28.8 Å². The first-order valence-electron chi connectivity index (χ1n) is 3.36. The van der Waals surface area contributed by atoms with E-state index in [9.17, 15) is 0 Å². The van der Waals surface area contributed by atoms with Crippen molar-refractivity contribution in [3.63, 3.8) is 0 Å². The summed E-state index contributed by atoms with van der Waals surface area (Å²) in [6.45, 7) is 0. The Kier molecular flexibility index (Phi) is 2.94. The van der Waals surface area contributed by atoms with E-state index in [1.54, 1.807) is 6.26 Å². The van der Waals surface area contributed by atoms with Crippen molar-refractivity contribution >= 4 is 0 Å². The molecule has 0 aromatic heterocycles. The second-order valence-electron chi connectivity index (χ2n) is 2.30. The minimum Gasteiger partial charge on any atom is -0.465 e. The van der Waals surface area contributed by atoms with E-state index in [4.69, 9.17) is 4.74 Å². The molecule has 1 radical (unpaired) electrons. The van der Waals surface area contributed by atoms with E-state index in [0.717, 1.165) is 12.2 Å². The standard InChI is InChI=1S/C9H8O.Ta/c1-2-6-9-8(4-1)5-3-7-10-9;/h1-4,6-7H,5H2;. The van der Waals surface area contributed by atoms with Crippen LogP contribution in [0.2, 0.25) is 0 Å².